The third-order valence-corrected chi connectivity index (χ3v) is 4.10. The largest absolute Gasteiger partial charge is 0.484 e. The summed E-state index contributed by atoms with van der Waals surface area (Å²) >= 11 is 0. The number of alkyl halides is 3. The Morgan fingerprint density at radius 3 is 2.58 bits per heavy atom. The van der Waals surface area contributed by atoms with Gasteiger partial charge in [-0.25, -0.2) is 14.7 Å². The minimum Gasteiger partial charge on any atom is -0.484 e. The van der Waals surface area contributed by atoms with Gasteiger partial charge >= 0.3 is 6.18 Å². The van der Waals surface area contributed by atoms with Crippen molar-refractivity contribution in [3.05, 3.63) is 72.2 Å². The molecule has 0 saturated heterocycles. The number of halogens is 3. The van der Waals surface area contributed by atoms with Crippen LogP contribution in [0, 0.1) is 0 Å². The van der Waals surface area contributed by atoms with Crippen molar-refractivity contribution >= 4 is 5.96 Å². The average molecular weight is 432 g/mol. The number of guanidine groups is 1. The molecule has 0 amide bonds. The van der Waals surface area contributed by atoms with E-state index in [1.165, 1.54) is 12.1 Å². The third kappa shape index (κ3) is 7.32. The summed E-state index contributed by atoms with van der Waals surface area (Å²) in [5.41, 5.74) is 1.86. The lowest BCUT2D eigenvalue weighted by molar-refractivity contribution is -0.153. The maximum Gasteiger partial charge on any atom is 0.422 e. The van der Waals surface area contributed by atoms with Gasteiger partial charge in [-0.15, -0.1) is 0 Å². The Morgan fingerprint density at radius 2 is 1.90 bits per heavy atom. The first kappa shape index (κ1) is 22.1. The molecule has 0 bridgehead atoms. The Labute approximate surface area is 178 Å². The summed E-state index contributed by atoms with van der Waals surface area (Å²) in [5.74, 6) is 1.51. The van der Waals surface area contributed by atoms with Crippen molar-refractivity contribution in [1.29, 1.82) is 0 Å². The van der Waals surface area contributed by atoms with E-state index in [4.69, 9.17) is 4.74 Å². The van der Waals surface area contributed by atoms with E-state index in [0.29, 0.717) is 31.4 Å². The van der Waals surface area contributed by atoms with E-state index >= 15 is 0 Å². The fourth-order valence-corrected chi connectivity index (χ4v) is 2.66. The molecule has 0 atom stereocenters. The maximum absolute atomic E-state index is 12.2. The van der Waals surface area contributed by atoms with Crippen molar-refractivity contribution in [3.63, 3.8) is 0 Å². The zero-order chi connectivity index (χ0) is 22.1. The van der Waals surface area contributed by atoms with Crippen LogP contribution in [0.3, 0.4) is 0 Å². The van der Waals surface area contributed by atoms with Gasteiger partial charge in [-0.3, -0.25) is 0 Å². The number of aliphatic imine (C=N–C) groups is 1. The van der Waals surface area contributed by atoms with Crippen LogP contribution in [0.4, 0.5) is 13.2 Å². The number of pyridine rings is 1. The van der Waals surface area contributed by atoms with Gasteiger partial charge in [-0.05, 0) is 48.4 Å². The van der Waals surface area contributed by atoms with Crippen molar-refractivity contribution in [3.8, 4) is 11.6 Å². The molecular formula is C21H23F3N6O. The van der Waals surface area contributed by atoms with Crippen molar-refractivity contribution in [2.45, 2.75) is 26.2 Å². The number of nitrogens with zero attached hydrogens (tertiary/aromatic N) is 4. The van der Waals surface area contributed by atoms with E-state index < -0.39 is 12.8 Å². The Bertz CT molecular complexity index is 972. The molecule has 0 unspecified atom stereocenters. The molecule has 2 heterocycles. The number of hydrogen-bond acceptors (Lipinski definition) is 4. The zero-order valence-electron chi connectivity index (χ0n) is 16.9. The maximum atomic E-state index is 12.2. The van der Waals surface area contributed by atoms with Crippen LogP contribution in [0.1, 0.15) is 18.1 Å². The number of aromatic nitrogens is 3. The van der Waals surface area contributed by atoms with Gasteiger partial charge in [0.25, 0.3) is 0 Å². The highest BCUT2D eigenvalue weighted by Crippen LogP contribution is 2.18. The number of benzene rings is 1. The third-order valence-electron chi connectivity index (χ3n) is 4.10. The smallest absolute Gasteiger partial charge is 0.422 e. The van der Waals surface area contributed by atoms with E-state index in [1.807, 2.05) is 31.3 Å². The van der Waals surface area contributed by atoms with Gasteiger partial charge in [0.2, 0.25) is 0 Å². The van der Waals surface area contributed by atoms with Crippen molar-refractivity contribution in [2.24, 2.45) is 4.99 Å². The summed E-state index contributed by atoms with van der Waals surface area (Å²) in [6.07, 6.45) is 0.866. The first-order chi connectivity index (χ1) is 14.9. The van der Waals surface area contributed by atoms with Crippen LogP contribution in [-0.4, -0.2) is 40.1 Å². The Hall–Kier alpha value is -3.56. The quantitative estimate of drug-likeness (QED) is 0.421. The molecule has 2 N–H and O–H groups in total. The normalized spacial score (nSPS) is 11.9. The Morgan fingerprint density at radius 1 is 1.10 bits per heavy atom. The molecule has 164 valence electrons. The first-order valence-electron chi connectivity index (χ1n) is 9.68. The molecule has 3 rings (SSSR count). The van der Waals surface area contributed by atoms with E-state index in [9.17, 15) is 13.2 Å². The number of nitrogens with one attached hydrogen (secondary N) is 2. The summed E-state index contributed by atoms with van der Waals surface area (Å²) in [4.78, 5) is 8.89. The summed E-state index contributed by atoms with van der Waals surface area (Å²) < 4.78 is 43.1. The van der Waals surface area contributed by atoms with Gasteiger partial charge in [0, 0.05) is 31.7 Å². The van der Waals surface area contributed by atoms with Crippen molar-refractivity contribution < 1.29 is 17.9 Å². The predicted octanol–water partition coefficient (Wildman–Crippen LogP) is 3.46. The summed E-state index contributed by atoms with van der Waals surface area (Å²) in [6.45, 7) is 2.24. The topological polar surface area (TPSA) is 76.4 Å². The summed E-state index contributed by atoms with van der Waals surface area (Å²) in [5, 5.41) is 10.6. The molecule has 2 aromatic heterocycles. The van der Waals surface area contributed by atoms with Gasteiger partial charge in [-0.1, -0.05) is 12.1 Å². The van der Waals surface area contributed by atoms with Crippen molar-refractivity contribution in [1.82, 2.24) is 25.4 Å². The monoisotopic (exact) mass is 432 g/mol. The molecule has 0 aliphatic carbocycles. The molecule has 31 heavy (non-hydrogen) atoms. The van der Waals surface area contributed by atoms with Crippen LogP contribution in [0.5, 0.6) is 5.75 Å². The second kappa shape index (κ2) is 10.5. The second-order valence-corrected chi connectivity index (χ2v) is 6.57. The SMILES string of the molecule is CCNC(=NCc1ccnc(-n2cccn2)c1)NCc1ccc(OCC(F)(F)F)cc1. The van der Waals surface area contributed by atoms with E-state index in [0.717, 1.165) is 11.1 Å². The fourth-order valence-electron chi connectivity index (χ4n) is 2.66. The molecule has 10 heteroatoms. The molecule has 1 aromatic carbocycles. The van der Waals surface area contributed by atoms with Crippen LogP contribution in [-0.2, 0) is 13.1 Å². The predicted molar refractivity (Wildman–Crippen MR) is 111 cm³/mol. The molecule has 0 aliphatic rings. The number of hydrogen-bond donors (Lipinski definition) is 2. The zero-order valence-corrected chi connectivity index (χ0v) is 16.9. The molecular weight excluding hydrogens is 409 g/mol. The number of rotatable bonds is 8. The minimum atomic E-state index is -4.36. The highest BCUT2D eigenvalue weighted by Gasteiger charge is 2.28. The van der Waals surface area contributed by atoms with Gasteiger partial charge in [0.15, 0.2) is 18.4 Å². The lowest BCUT2D eigenvalue weighted by atomic mass is 10.2. The standard InChI is InChI=1S/C21H23F3N6O/c1-2-25-20(27-13-16-4-6-18(7-5-16)31-15-21(22,23)24)28-14-17-8-10-26-19(12-17)30-11-3-9-29-30/h3-12H,2,13-15H2,1H3,(H2,25,27,28). The van der Waals surface area contributed by atoms with Crippen LogP contribution in [0.15, 0.2) is 66.0 Å². The average Bonchev–Trinajstić information content (AvgIpc) is 3.30. The van der Waals surface area contributed by atoms with E-state index in [1.54, 1.807) is 29.2 Å². The van der Waals surface area contributed by atoms with Gasteiger partial charge in [0.1, 0.15) is 5.75 Å². The van der Waals surface area contributed by atoms with Gasteiger partial charge in [0.05, 0.1) is 6.54 Å². The molecule has 0 spiro atoms. The van der Waals surface area contributed by atoms with Crippen LogP contribution in [0.25, 0.3) is 5.82 Å². The van der Waals surface area contributed by atoms with E-state index in [2.05, 4.69) is 25.7 Å². The molecule has 0 fully saturated rings. The molecule has 0 radical (unpaired) electrons. The fraction of sp³-hybridized carbons (Fsp3) is 0.286. The molecule has 0 aliphatic heterocycles. The van der Waals surface area contributed by atoms with E-state index in [-0.39, 0.29) is 5.75 Å². The molecule has 0 saturated carbocycles. The summed E-state index contributed by atoms with van der Waals surface area (Å²) in [7, 11) is 0. The molecule has 7 nitrogen and oxygen atoms in total. The molecule has 3 aromatic rings. The number of ether oxygens (including phenoxy) is 1. The highest BCUT2D eigenvalue weighted by atomic mass is 19.4. The lowest BCUT2D eigenvalue weighted by Gasteiger charge is -2.12. The summed E-state index contributed by atoms with van der Waals surface area (Å²) in [6, 6.07) is 12.1. The van der Waals surface area contributed by atoms with Crippen LogP contribution >= 0.6 is 0 Å². The lowest BCUT2D eigenvalue weighted by Crippen LogP contribution is -2.36. The Balaban J connectivity index is 1.57. The van der Waals surface area contributed by atoms with Crippen molar-refractivity contribution in [2.75, 3.05) is 13.2 Å². The second-order valence-electron chi connectivity index (χ2n) is 6.57. The van der Waals surface area contributed by atoms with Crippen LogP contribution < -0.4 is 15.4 Å². The van der Waals surface area contributed by atoms with Gasteiger partial charge < -0.3 is 15.4 Å². The Kier molecular flexibility index (Phi) is 7.47. The van der Waals surface area contributed by atoms with Gasteiger partial charge in [-0.2, -0.15) is 18.3 Å². The minimum absolute atomic E-state index is 0.173. The van der Waals surface area contributed by atoms with Crippen LogP contribution in [0.2, 0.25) is 0 Å². The highest BCUT2D eigenvalue weighted by molar-refractivity contribution is 5.79. The first-order valence-corrected chi connectivity index (χ1v) is 9.68.